The molecule has 35 heavy (non-hydrogen) atoms. The van der Waals surface area contributed by atoms with Gasteiger partial charge >= 0.3 is 11.9 Å². The fourth-order valence-corrected chi connectivity index (χ4v) is 4.70. The van der Waals surface area contributed by atoms with Crippen molar-refractivity contribution in [3.63, 3.8) is 0 Å². The Morgan fingerprint density at radius 2 is 0.886 bits per heavy atom. The van der Waals surface area contributed by atoms with Crippen molar-refractivity contribution < 1.29 is 19.1 Å². The molecule has 0 amide bonds. The summed E-state index contributed by atoms with van der Waals surface area (Å²) < 4.78 is 10.9. The first kappa shape index (κ1) is 33.9. The van der Waals surface area contributed by atoms with Crippen molar-refractivity contribution in [2.75, 3.05) is 6.61 Å². The summed E-state index contributed by atoms with van der Waals surface area (Å²) in [6, 6.07) is 0. The summed E-state index contributed by atoms with van der Waals surface area (Å²) in [4.78, 5) is 23.9. The van der Waals surface area contributed by atoms with E-state index in [2.05, 4.69) is 34.6 Å². The number of carbonyl (C=O) groups is 2. The average molecular weight is 497 g/mol. The molecule has 4 nitrogen and oxygen atoms in total. The van der Waals surface area contributed by atoms with Crippen molar-refractivity contribution in [1.29, 1.82) is 0 Å². The lowest BCUT2D eigenvalue weighted by atomic mass is 9.96. The zero-order chi connectivity index (χ0) is 26.2. The molecular weight excluding hydrogens is 436 g/mol. The Hall–Kier alpha value is -1.06. The van der Waals surface area contributed by atoms with E-state index in [0.29, 0.717) is 44.1 Å². The van der Waals surface area contributed by atoms with Crippen molar-refractivity contribution in [3.8, 4) is 0 Å². The highest BCUT2D eigenvalue weighted by Crippen LogP contribution is 2.18. The lowest BCUT2D eigenvalue weighted by molar-refractivity contribution is -0.154. The molecule has 0 aromatic carbocycles. The van der Waals surface area contributed by atoms with Crippen LogP contribution in [0, 0.1) is 11.8 Å². The predicted octanol–water partition coefficient (Wildman–Crippen LogP) is 9.58. The van der Waals surface area contributed by atoms with E-state index in [1.165, 1.54) is 89.9 Å². The number of ether oxygens (including phenoxy) is 2. The van der Waals surface area contributed by atoms with Gasteiger partial charge in [-0.1, -0.05) is 131 Å². The van der Waals surface area contributed by atoms with E-state index in [0.717, 1.165) is 12.8 Å². The number of hydrogen-bond donors (Lipinski definition) is 0. The molecule has 0 rings (SSSR count). The standard InChI is InChI=1S/C31H60O4/c1-6-7-8-9-10-11-12-13-14-15-16-17-18-19-20-23-26-34-29(32)24-21-22-25-30(33)35-31(27(2)3)28(4)5/h27-28,31H,6-26H2,1-5H3. The molecule has 0 saturated heterocycles. The molecule has 0 radical (unpaired) electrons. The molecule has 0 aliphatic heterocycles. The zero-order valence-electron chi connectivity index (χ0n) is 24.2. The van der Waals surface area contributed by atoms with E-state index in [4.69, 9.17) is 9.47 Å². The normalized spacial score (nSPS) is 11.5. The van der Waals surface area contributed by atoms with E-state index >= 15 is 0 Å². The first-order valence-corrected chi connectivity index (χ1v) is 15.2. The summed E-state index contributed by atoms with van der Waals surface area (Å²) in [5.74, 6) is 0.345. The average Bonchev–Trinajstić information content (AvgIpc) is 2.81. The SMILES string of the molecule is CCCCCCCCCCCCCCCCCCOC(=O)CCCCC(=O)OC(C(C)C)C(C)C. The van der Waals surface area contributed by atoms with Gasteiger partial charge in [-0.15, -0.1) is 0 Å². The van der Waals surface area contributed by atoms with Crippen molar-refractivity contribution in [2.45, 2.75) is 169 Å². The lowest BCUT2D eigenvalue weighted by Gasteiger charge is -2.24. The van der Waals surface area contributed by atoms with Crippen molar-refractivity contribution in [3.05, 3.63) is 0 Å². The third kappa shape index (κ3) is 23.1. The Kier molecular flexibility index (Phi) is 23.9. The molecule has 0 fully saturated rings. The summed E-state index contributed by atoms with van der Waals surface area (Å²) in [6.07, 6.45) is 23.6. The summed E-state index contributed by atoms with van der Waals surface area (Å²) >= 11 is 0. The van der Waals surface area contributed by atoms with E-state index in [9.17, 15) is 9.59 Å². The Morgan fingerprint density at radius 1 is 0.514 bits per heavy atom. The van der Waals surface area contributed by atoms with Crippen molar-refractivity contribution >= 4 is 11.9 Å². The van der Waals surface area contributed by atoms with Gasteiger partial charge in [0.1, 0.15) is 6.10 Å². The number of carbonyl (C=O) groups excluding carboxylic acids is 2. The van der Waals surface area contributed by atoms with Gasteiger partial charge < -0.3 is 9.47 Å². The van der Waals surface area contributed by atoms with Gasteiger partial charge in [0.2, 0.25) is 0 Å². The van der Waals surface area contributed by atoms with Gasteiger partial charge in [0, 0.05) is 12.8 Å². The molecule has 0 atom stereocenters. The molecule has 0 aliphatic rings. The molecule has 0 spiro atoms. The van der Waals surface area contributed by atoms with Crippen molar-refractivity contribution in [1.82, 2.24) is 0 Å². The summed E-state index contributed by atoms with van der Waals surface area (Å²) in [6.45, 7) is 11.1. The highest BCUT2D eigenvalue weighted by Gasteiger charge is 2.21. The monoisotopic (exact) mass is 496 g/mol. The zero-order valence-corrected chi connectivity index (χ0v) is 24.2. The highest BCUT2D eigenvalue weighted by atomic mass is 16.5. The molecule has 0 unspecified atom stereocenters. The van der Waals surface area contributed by atoms with Crippen molar-refractivity contribution in [2.24, 2.45) is 11.8 Å². The summed E-state index contributed by atoms with van der Waals surface area (Å²) in [7, 11) is 0. The molecule has 0 bridgehead atoms. The van der Waals surface area contributed by atoms with Gasteiger partial charge in [0.15, 0.2) is 0 Å². The second-order valence-electron chi connectivity index (χ2n) is 11.2. The molecule has 0 aromatic rings. The van der Waals surface area contributed by atoms with Crippen LogP contribution in [-0.2, 0) is 19.1 Å². The molecule has 0 aromatic heterocycles. The molecule has 0 saturated carbocycles. The smallest absolute Gasteiger partial charge is 0.306 e. The maximum atomic E-state index is 12.0. The van der Waals surface area contributed by atoms with E-state index < -0.39 is 0 Å². The van der Waals surface area contributed by atoms with E-state index in [-0.39, 0.29) is 18.0 Å². The summed E-state index contributed by atoms with van der Waals surface area (Å²) in [5, 5.41) is 0. The number of rotatable bonds is 25. The van der Waals surface area contributed by atoms with Crippen LogP contribution in [0.2, 0.25) is 0 Å². The third-order valence-electron chi connectivity index (χ3n) is 6.85. The minimum atomic E-state index is -0.154. The van der Waals surface area contributed by atoms with Crippen LogP contribution in [0.1, 0.15) is 163 Å². The number of unbranched alkanes of at least 4 members (excludes halogenated alkanes) is 16. The van der Waals surface area contributed by atoms with E-state index in [1.807, 2.05) is 0 Å². The maximum Gasteiger partial charge on any atom is 0.306 e. The fraction of sp³-hybridized carbons (Fsp3) is 0.935. The van der Waals surface area contributed by atoms with Crippen LogP contribution in [0.5, 0.6) is 0 Å². The lowest BCUT2D eigenvalue weighted by Crippen LogP contribution is -2.28. The van der Waals surface area contributed by atoms with Crippen LogP contribution < -0.4 is 0 Å². The first-order valence-electron chi connectivity index (χ1n) is 15.2. The predicted molar refractivity (Wildman–Crippen MR) is 149 cm³/mol. The maximum absolute atomic E-state index is 12.0. The minimum Gasteiger partial charge on any atom is -0.466 e. The van der Waals surface area contributed by atoms with Crippen LogP contribution in [0.4, 0.5) is 0 Å². The molecule has 0 N–H and O–H groups in total. The topological polar surface area (TPSA) is 52.6 Å². The Bertz CT molecular complexity index is 478. The fourth-order valence-electron chi connectivity index (χ4n) is 4.70. The van der Waals surface area contributed by atoms with Gasteiger partial charge in [0.05, 0.1) is 6.61 Å². The van der Waals surface area contributed by atoms with Gasteiger partial charge in [-0.25, -0.2) is 0 Å². The Labute approximate surface area is 218 Å². The summed E-state index contributed by atoms with van der Waals surface area (Å²) in [5.41, 5.74) is 0. The van der Waals surface area contributed by atoms with Gasteiger partial charge in [-0.3, -0.25) is 9.59 Å². The first-order chi connectivity index (χ1) is 16.9. The molecule has 4 heteroatoms. The third-order valence-corrected chi connectivity index (χ3v) is 6.85. The highest BCUT2D eigenvalue weighted by molar-refractivity contribution is 5.70. The molecule has 208 valence electrons. The largest absolute Gasteiger partial charge is 0.466 e. The van der Waals surface area contributed by atoms with Crippen LogP contribution in [0.3, 0.4) is 0 Å². The second-order valence-corrected chi connectivity index (χ2v) is 11.2. The van der Waals surface area contributed by atoms with Gasteiger partial charge in [0.25, 0.3) is 0 Å². The van der Waals surface area contributed by atoms with Crippen LogP contribution in [0.25, 0.3) is 0 Å². The van der Waals surface area contributed by atoms with Gasteiger partial charge in [-0.05, 0) is 31.1 Å². The van der Waals surface area contributed by atoms with Crippen LogP contribution in [-0.4, -0.2) is 24.6 Å². The minimum absolute atomic E-state index is 0.0350. The van der Waals surface area contributed by atoms with E-state index in [1.54, 1.807) is 0 Å². The molecule has 0 heterocycles. The quantitative estimate of drug-likeness (QED) is 0.0932. The number of hydrogen-bond acceptors (Lipinski definition) is 4. The molecular formula is C31H60O4. The Morgan fingerprint density at radius 3 is 1.29 bits per heavy atom. The van der Waals surface area contributed by atoms with Crippen LogP contribution >= 0.6 is 0 Å². The van der Waals surface area contributed by atoms with Gasteiger partial charge in [-0.2, -0.15) is 0 Å². The Balaban J connectivity index is 3.39. The number of esters is 2. The molecule has 0 aliphatic carbocycles. The van der Waals surface area contributed by atoms with Crippen LogP contribution in [0.15, 0.2) is 0 Å². The second kappa shape index (κ2) is 24.6.